The molecule has 0 aliphatic heterocycles. The molecule has 198 valence electrons. The van der Waals surface area contributed by atoms with Gasteiger partial charge in [-0.1, -0.05) is 44.2 Å². The number of ether oxygens (including phenoxy) is 1. The normalized spacial score (nSPS) is 12.2. The molecular formula is C27H39N3O5S. The second-order valence-corrected chi connectivity index (χ2v) is 11.2. The van der Waals surface area contributed by atoms with Gasteiger partial charge in [0.1, 0.15) is 11.8 Å². The third-order valence-electron chi connectivity index (χ3n) is 5.85. The van der Waals surface area contributed by atoms with Crippen LogP contribution in [0.25, 0.3) is 0 Å². The zero-order valence-electron chi connectivity index (χ0n) is 21.9. The molecule has 2 aromatic rings. The third-order valence-corrected chi connectivity index (χ3v) is 7.04. The Balaban J connectivity index is 2.09. The molecule has 2 amide bonds. The van der Waals surface area contributed by atoms with Crippen molar-refractivity contribution < 1.29 is 22.7 Å². The highest BCUT2D eigenvalue weighted by Crippen LogP contribution is 2.22. The minimum absolute atomic E-state index is 0.124. The van der Waals surface area contributed by atoms with Crippen LogP contribution in [0.2, 0.25) is 0 Å². The van der Waals surface area contributed by atoms with E-state index in [2.05, 4.69) is 5.32 Å². The van der Waals surface area contributed by atoms with Crippen LogP contribution in [-0.4, -0.2) is 64.2 Å². The molecule has 0 spiro atoms. The molecule has 0 aliphatic carbocycles. The molecule has 0 unspecified atom stereocenters. The number of hydrogen-bond acceptors (Lipinski definition) is 5. The summed E-state index contributed by atoms with van der Waals surface area (Å²) in [5.74, 6) is 0.554. The number of anilines is 1. The van der Waals surface area contributed by atoms with Crippen molar-refractivity contribution in [1.82, 2.24) is 10.2 Å². The lowest BCUT2D eigenvalue weighted by molar-refractivity contribution is -0.140. The lowest BCUT2D eigenvalue weighted by atomic mass is 10.1. The average Bonchev–Trinajstić information content (AvgIpc) is 2.85. The van der Waals surface area contributed by atoms with Gasteiger partial charge in [-0.25, -0.2) is 8.42 Å². The van der Waals surface area contributed by atoms with Crippen LogP contribution >= 0.6 is 0 Å². The van der Waals surface area contributed by atoms with Gasteiger partial charge in [0.05, 0.1) is 19.1 Å². The fraction of sp³-hybridized carbons (Fsp3) is 0.481. The number of nitrogens with zero attached hydrogens (tertiary/aromatic N) is 2. The van der Waals surface area contributed by atoms with E-state index in [-0.39, 0.29) is 24.8 Å². The Hall–Kier alpha value is -3.07. The number of hydrogen-bond donors (Lipinski definition) is 1. The van der Waals surface area contributed by atoms with E-state index >= 15 is 0 Å². The Morgan fingerprint density at radius 1 is 0.972 bits per heavy atom. The van der Waals surface area contributed by atoms with Gasteiger partial charge in [0, 0.05) is 26.1 Å². The van der Waals surface area contributed by atoms with Gasteiger partial charge in [0.15, 0.2) is 0 Å². The van der Waals surface area contributed by atoms with Crippen molar-refractivity contribution in [2.75, 3.05) is 37.3 Å². The van der Waals surface area contributed by atoms with Crippen LogP contribution in [0.4, 0.5) is 5.69 Å². The van der Waals surface area contributed by atoms with Gasteiger partial charge < -0.3 is 15.0 Å². The van der Waals surface area contributed by atoms with Crippen LogP contribution < -0.4 is 14.4 Å². The highest BCUT2D eigenvalue weighted by atomic mass is 32.2. The van der Waals surface area contributed by atoms with Gasteiger partial charge in [-0.3, -0.25) is 13.9 Å². The summed E-state index contributed by atoms with van der Waals surface area (Å²) in [5.41, 5.74) is 1.58. The molecule has 0 aliphatic rings. The molecule has 1 atom stereocenters. The van der Waals surface area contributed by atoms with Gasteiger partial charge in [-0.15, -0.1) is 0 Å². The lowest BCUT2D eigenvalue weighted by Crippen LogP contribution is -2.49. The number of carbonyl (C=O) groups is 2. The maximum absolute atomic E-state index is 13.3. The number of nitrogens with one attached hydrogen (secondary N) is 1. The molecule has 9 heteroatoms. The maximum atomic E-state index is 13.3. The molecule has 8 nitrogen and oxygen atoms in total. The number of amides is 2. The number of carbonyl (C=O) groups excluding carboxylic acids is 2. The van der Waals surface area contributed by atoms with E-state index in [9.17, 15) is 18.0 Å². The van der Waals surface area contributed by atoms with E-state index in [1.165, 1.54) is 4.31 Å². The quantitative estimate of drug-likeness (QED) is 0.414. The second kappa shape index (κ2) is 13.9. The largest absolute Gasteiger partial charge is 0.497 e. The molecule has 2 rings (SSSR count). The molecule has 0 saturated heterocycles. The van der Waals surface area contributed by atoms with Gasteiger partial charge in [0.25, 0.3) is 0 Å². The molecule has 36 heavy (non-hydrogen) atoms. The summed E-state index contributed by atoms with van der Waals surface area (Å²) in [5, 5.41) is 2.91. The summed E-state index contributed by atoms with van der Waals surface area (Å²) in [6.45, 7) is 6.85. The standard InChI is InChI=1S/C27H39N3O5S/c1-21(2)20-28-27(32)22(3)29(19-17-23-10-7-6-8-11-23)26(31)12-9-18-30(36(5,33)34)24-13-15-25(35-4)16-14-24/h6-8,10-11,13-16,21-22H,9,12,17-20H2,1-5H3,(H,28,32)/t22-/m1/s1. The summed E-state index contributed by atoms with van der Waals surface area (Å²) < 4.78 is 31.3. The minimum atomic E-state index is -3.54. The van der Waals surface area contributed by atoms with Crippen molar-refractivity contribution >= 4 is 27.5 Å². The summed E-state index contributed by atoms with van der Waals surface area (Å²) in [6.07, 6.45) is 2.21. The third kappa shape index (κ3) is 9.18. The van der Waals surface area contributed by atoms with Crippen LogP contribution in [0.3, 0.4) is 0 Å². The van der Waals surface area contributed by atoms with E-state index in [4.69, 9.17) is 4.74 Å². The molecule has 0 fully saturated rings. The fourth-order valence-corrected chi connectivity index (χ4v) is 4.74. The van der Waals surface area contributed by atoms with E-state index in [1.54, 1.807) is 43.2 Å². The van der Waals surface area contributed by atoms with Crippen LogP contribution in [0.1, 0.15) is 39.2 Å². The van der Waals surface area contributed by atoms with E-state index in [1.807, 2.05) is 44.2 Å². The number of methoxy groups -OCH3 is 1. The lowest BCUT2D eigenvalue weighted by Gasteiger charge is -2.29. The molecule has 0 aromatic heterocycles. The fourth-order valence-electron chi connectivity index (χ4n) is 3.77. The Bertz CT molecular complexity index is 1070. The molecule has 0 heterocycles. The van der Waals surface area contributed by atoms with E-state index in [0.29, 0.717) is 43.3 Å². The predicted octanol–water partition coefficient (Wildman–Crippen LogP) is 3.47. The SMILES string of the molecule is COc1ccc(N(CCCC(=O)N(CCc2ccccc2)[C@H](C)C(=O)NCC(C)C)S(C)(=O)=O)cc1. The van der Waals surface area contributed by atoms with Crippen LogP contribution in [0.5, 0.6) is 5.75 Å². The predicted molar refractivity (Wildman–Crippen MR) is 144 cm³/mol. The smallest absolute Gasteiger partial charge is 0.242 e. The Kier molecular flexibility index (Phi) is 11.2. The van der Waals surface area contributed by atoms with Gasteiger partial charge in [-0.2, -0.15) is 0 Å². The number of benzene rings is 2. The van der Waals surface area contributed by atoms with E-state index < -0.39 is 16.1 Å². The van der Waals surface area contributed by atoms with Crippen molar-refractivity contribution in [3.8, 4) is 5.75 Å². The van der Waals surface area contributed by atoms with Gasteiger partial charge in [0.2, 0.25) is 21.8 Å². The van der Waals surface area contributed by atoms with Crippen LogP contribution in [-0.2, 0) is 26.0 Å². The molecule has 0 bridgehead atoms. The zero-order chi connectivity index (χ0) is 26.7. The number of sulfonamides is 1. The first kappa shape index (κ1) is 29.2. The van der Waals surface area contributed by atoms with Crippen molar-refractivity contribution in [3.05, 3.63) is 60.2 Å². The first-order valence-electron chi connectivity index (χ1n) is 12.3. The van der Waals surface area contributed by atoms with Crippen molar-refractivity contribution in [3.63, 3.8) is 0 Å². The first-order valence-corrected chi connectivity index (χ1v) is 14.1. The van der Waals surface area contributed by atoms with E-state index in [0.717, 1.165) is 11.8 Å². The number of rotatable bonds is 14. The summed E-state index contributed by atoms with van der Waals surface area (Å²) in [7, 11) is -2.00. The Labute approximate surface area is 215 Å². The van der Waals surface area contributed by atoms with Gasteiger partial charge >= 0.3 is 0 Å². The molecule has 2 aromatic carbocycles. The first-order chi connectivity index (χ1) is 17.0. The molecule has 1 N–H and O–H groups in total. The highest BCUT2D eigenvalue weighted by molar-refractivity contribution is 7.92. The molecular weight excluding hydrogens is 478 g/mol. The second-order valence-electron chi connectivity index (χ2n) is 9.27. The summed E-state index contributed by atoms with van der Waals surface area (Å²) >= 11 is 0. The van der Waals surface area contributed by atoms with Crippen molar-refractivity contribution in [1.29, 1.82) is 0 Å². The van der Waals surface area contributed by atoms with Crippen LogP contribution in [0, 0.1) is 5.92 Å². The van der Waals surface area contributed by atoms with Crippen molar-refractivity contribution in [2.24, 2.45) is 5.92 Å². The topological polar surface area (TPSA) is 96.0 Å². The molecule has 0 saturated carbocycles. The van der Waals surface area contributed by atoms with Crippen LogP contribution in [0.15, 0.2) is 54.6 Å². The highest BCUT2D eigenvalue weighted by Gasteiger charge is 2.26. The monoisotopic (exact) mass is 517 g/mol. The Morgan fingerprint density at radius 2 is 1.61 bits per heavy atom. The molecule has 0 radical (unpaired) electrons. The Morgan fingerprint density at radius 3 is 2.17 bits per heavy atom. The van der Waals surface area contributed by atoms with Crippen molar-refractivity contribution in [2.45, 2.75) is 46.1 Å². The summed E-state index contributed by atoms with van der Waals surface area (Å²) in [6, 6.07) is 15.9. The maximum Gasteiger partial charge on any atom is 0.242 e. The minimum Gasteiger partial charge on any atom is -0.497 e. The van der Waals surface area contributed by atoms with Gasteiger partial charge in [-0.05, 0) is 55.5 Å². The zero-order valence-corrected chi connectivity index (χ0v) is 22.8. The summed E-state index contributed by atoms with van der Waals surface area (Å²) in [4.78, 5) is 27.6. The average molecular weight is 518 g/mol.